The van der Waals surface area contributed by atoms with Crippen LogP contribution in [0.3, 0.4) is 0 Å². The third-order valence-electron chi connectivity index (χ3n) is 4.29. The first-order valence-electron chi connectivity index (χ1n) is 6.47. The number of fused-ring (bicyclic) bond motifs is 5. The molecule has 0 radical (unpaired) electrons. The summed E-state index contributed by atoms with van der Waals surface area (Å²) < 4.78 is 13.6. The summed E-state index contributed by atoms with van der Waals surface area (Å²) in [5, 5.41) is 1.47. The first kappa shape index (κ1) is 10.8. The fourth-order valence-corrected chi connectivity index (χ4v) is 3.80. The molecule has 0 aliphatic carbocycles. The van der Waals surface area contributed by atoms with E-state index in [1.165, 1.54) is 36.7 Å². The summed E-state index contributed by atoms with van der Waals surface area (Å²) in [4.78, 5) is 5.91. The van der Waals surface area contributed by atoms with Crippen molar-refractivity contribution in [1.82, 2.24) is 9.88 Å². The molecule has 2 aromatic rings. The topological polar surface area (TPSA) is 19.0 Å². The average Bonchev–Trinajstić information content (AvgIpc) is 2.91. The van der Waals surface area contributed by atoms with E-state index in [1.54, 1.807) is 6.07 Å². The molecule has 2 aliphatic rings. The molecule has 0 saturated carbocycles. The molecule has 4 rings (SSSR count). The molecular formula is C14H14ClFN2. The van der Waals surface area contributed by atoms with Gasteiger partial charge in [-0.1, -0.05) is 11.6 Å². The molecule has 3 heterocycles. The normalized spacial score (nSPS) is 23.3. The zero-order chi connectivity index (χ0) is 12.3. The molecule has 0 unspecified atom stereocenters. The third-order valence-corrected chi connectivity index (χ3v) is 4.59. The van der Waals surface area contributed by atoms with E-state index in [1.807, 2.05) is 0 Å². The Morgan fingerprint density at radius 1 is 1.33 bits per heavy atom. The first-order chi connectivity index (χ1) is 8.74. The van der Waals surface area contributed by atoms with Crippen molar-refractivity contribution in [3.05, 3.63) is 34.2 Å². The number of aromatic nitrogens is 1. The Morgan fingerprint density at radius 2 is 2.22 bits per heavy atom. The van der Waals surface area contributed by atoms with E-state index >= 15 is 0 Å². The lowest BCUT2D eigenvalue weighted by Gasteiger charge is -2.29. The number of hydrogen-bond acceptors (Lipinski definition) is 1. The van der Waals surface area contributed by atoms with Crippen molar-refractivity contribution in [2.75, 3.05) is 13.1 Å². The molecule has 1 atom stereocenters. The minimum Gasteiger partial charge on any atom is -0.357 e. The molecule has 1 N–H and O–H groups in total. The predicted molar refractivity (Wildman–Crippen MR) is 70.5 cm³/mol. The summed E-state index contributed by atoms with van der Waals surface area (Å²) in [5.41, 5.74) is 3.44. The van der Waals surface area contributed by atoms with Gasteiger partial charge in [0, 0.05) is 30.1 Å². The zero-order valence-electron chi connectivity index (χ0n) is 9.97. The van der Waals surface area contributed by atoms with Gasteiger partial charge < -0.3 is 4.98 Å². The highest BCUT2D eigenvalue weighted by molar-refractivity contribution is 6.35. The number of hydrogen-bond donors (Lipinski definition) is 1. The Hall–Kier alpha value is -1.06. The van der Waals surface area contributed by atoms with Crippen LogP contribution in [0.2, 0.25) is 5.02 Å². The number of nitrogens with zero attached hydrogens (tertiary/aromatic N) is 1. The van der Waals surface area contributed by atoms with Crippen LogP contribution in [0.25, 0.3) is 10.9 Å². The molecule has 4 heteroatoms. The third kappa shape index (κ3) is 1.38. The number of benzene rings is 1. The van der Waals surface area contributed by atoms with Crippen LogP contribution < -0.4 is 0 Å². The second-order valence-corrected chi connectivity index (χ2v) is 5.68. The van der Waals surface area contributed by atoms with Gasteiger partial charge in [0.25, 0.3) is 0 Å². The van der Waals surface area contributed by atoms with Gasteiger partial charge in [0.05, 0.1) is 10.5 Å². The SMILES string of the molecule is Fc1cc(Cl)c2[nH]c3c(c2c1)[C@@H]1CCCN1CC3. The van der Waals surface area contributed by atoms with E-state index in [0.29, 0.717) is 11.1 Å². The standard InChI is InChI=1S/C14H14ClFN2/c15-10-7-8(16)6-9-13-11(17-14(9)10)3-5-18-4-1-2-12(13)18/h6-7,12,17H,1-5H2/t12-/m0/s1. The second-order valence-electron chi connectivity index (χ2n) is 5.27. The van der Waals surface area contributed by atoms with Gasteiger partial charge in [-0.15, -0.1) is 0 Å². The van der Waals surface area contributed by atoms with Gasteiger partial charge >= 0.3 is 0 Å². The van der Waals surface area contributed by atoms with Crippen molar-refractivity contribution in [2.45, 2.75) is 25.3 Å². The van der Waals surface area contributed by atoms with E-state index in [9.17, 15) is 4.39 Å². The Kier molecular flexibility index (Phi) is 2.24. The van der Waals surface area contributed by atoms with Gasteiger partial charge in [-0.2, -0.15) is 0 Å². The van der Waals surface area contributed by atoms with Crippen molar-refractivity contribution >= 4 is 22.5 Å². The summed E-state index contributed by atoms with van der Waals surface area (Å²) in [6.07, 6.45) is 3.42. The molecule has 94 valence electrons. The molecular weight excluding hydrogens is 251 g/mol. The van der Waals surface area contributed by atoms with Crippen molar-refractivity contribution in [2.24, 2.45) is 0 Å². The molecule has 1 aromatic heterocycles. The Labute approximate surface area is 110 Å². The lowest BCUT2D eigenvalue weighted by Crippen LogP contribution is -2.30. The van der Waals surface area contributed by atoms with E-state index in [4.69, 9.17) is 11.6 Å². The van der Waals surface area contributed by atoms with Gasteiger partial charge in [-0.3, -0.25) is 4.90 Å². The maximum absolute atomic E-state index is 13.6. The zero-order valence-corrected chi connectivity index (χ0v) is 10.7. The lowest BCUT2D eigenvalue weighted by atomic mass is 9.96. The number of aromatic amines is 1. The Bertz CT molecular complexity index is 634. The average molecular weight is 265 g/mol. The van der Waals surface area contributed by atoms with Crippen LogP contribution in [0.1, 0.15) is 30.1 Å². The number of halogens is 2. The van der Waals surface area contributed by atoms with Crippen molar-refractivity contribution in [3.63, 3.8) is 0 Å². The number of nitrogens with one attached hydrogen (secondary N) is 1. The highest BCUT2D eigenvalue weighted by atomic mass is 35.5. The molecule has 0 spiro atoms. The molecule has 2 aliphatic heterocycles. The van der Waals surface area contributed by atoms with Gasteiger partial charge in [-0.05, 0) is 37.1 Å². The molecule has 0 bridgehead atoms. The largest absolute Gasteiger partial charge is 0.357 e. The molecule has 2 nitrogen and oxygen atoms in total. The second kappa shape index (κ2) is 3.72. The van der Waals surface area contributed by atoms with Crippen LogP contribution in [0.5, 0.6) is 0 Å². The van der Waals surface area contributed by atoms with Gasteiger partial charge in [-0.25, -0.2) is 4.39 Å². The fourth-order valence-electron chi connectivity index (χ4n) is 3.55. The van der Waals surface area contributed by atoms with E-state index < -0.39 is 0 Å². The minimum atomic E-state index is -0.246. The number of rotatable bonds is 0. The predicted octanol–water partition coefficient (Wildman–Crippen LogP) is 3.65. The van der Waals surface area contributed by atoms with E-state index in [-0.39, 0.29) is 5.82 Å². The van der Waals surface area contributed by atoms with Crippen LogP contribution in [-0.2, 0) is 6.42 Å². The van der Waals surface area contributed by atoms with E-state index in [0.717, 1.165) is 23.9 Å². The summed E-state index contributed by atoms with van der Waals surface area (Å²) in [6, 6.07) is 3.47. The Balaban J connectivity index is 2.02. The summed E-state index contributed by atoms with van der Waals surface area (Å²) in [6.45, 7) is 2.27. The highest BCUT2D eigenvalue weighted by Gasteiger charge is 2.34. The molecule has 0 amide bonds. The Morgan fingerprint density at radius 3 is 3.11 bits per heavy atom. The highest BCUT2D eigenvalue weighted by Crippen LogP contribution is 2.42. The smallest absolute Gasteiger partial charge is 0.125 e. The maximum Gasteiger partial charge on any atom is 0.125 e. The van der Waals surface area contributed by atoms with E-state index in [2.05, 4.69) is 9.88 Å². The van der Waals surface area contributed by atoms with Gasteiger partial charge in [0.2, 0.25) is 0 Å². The molecule has 1 saturated heterocycles. The lowest BCUT2D eigenvalue weighted by molar-refractivity contribution is 0.244. The van der Waals surface area contributed by atoms with Crippen LogP contribution in [-0.4, -0.2) is 23.0 Å². The van der Waals surface area contributed by atoms with Crippen LogP contribution in [0.4, 0.5) is 4.39 Å². The monoisotopic (exact) mass is 264 g/mol. The summed E-state index contributed by atoms with van der Waals surface area (Å²) in [7, 11) is 0. The number of H-pyrrole nitrogens is 1. The van der Waals surface area contributed by atoms with Crippen LogP contribution >= 0.6 is 11.6 Å². The summed E-state index contributed by atoms with van der Waals surface area (Å²) in [5.74, 6) is -0.246. The van der Waals surface area contributed by atoms with Crippen LogP contribution in [0.15, 0.2) is 12.1 Å². The molecule has 1 fully saturated rings. The fraction of sp³-hybridized carbons (Fsp3) is 0.429. The maximum atomic E-state index is 13.6. The van der Waals surface area contributed by atoms with Crippen molar-refractivity contribution in [1.29, 1.82) is 0 Å². The minimum absolute atomic E-state index is 0.246. The quantitative estimate of drug-likeness (QED) is 0.770. The van der Waals surface area contributed by atoms with Crippen molar-refractivity contribution in [3.8, 4) is 0 Å². The van der Waals surface area contributed by atoms with Crippen LogP contribution in [0, 0.1) is 5.82 Å². The van der Waals surface area contributed by atoms with Crippen molar-refractivity contribution < 1.29 is 4.39 Å². The summed E-state index contributed by atoms with van der Waals surface area (Å²) >= 11 is 6.14. The van der Waals surface area contributed by atoms with Gasteiger partial charge in [0.1, 0.15) is 5.82 Å². The first-order valence-corrected chi connectivity index (χ1v) is 6.85. The van der Waals surface area contributed by atoms with Gasteiger partial charge in [0.15, 0.2) is 0 Å². The molecule has 1 aromatic carbocycles. The molecule has 18 heavy (non-hydrogen) atoms.